The van der Waals surface area contributed by atoms with Crippen LogP contribution in [0.15, 0.2) is 71.0 Å². The first kappa shape index (κ1) is 17.3. The molecule has 0 fully saturated rings. The highest BCUT2D eigenvalue weighted by Gasteiger charge is 2.14. The van der Waals surface area contributed by atoms with Crippen LogP contribution in [-0.2, 0) is 9.53 Å². The summed E-state index contributed by atoms with van der Waals surface area (Å²) < 4.78 is 10.3. The van der Waals surface area contributed by atoms with Crippen molar-refractivity contribution in [1.29, 1.82) is 0 Å². The van der Waals surface area contributed by atoms with Crippen molar-refractivity contribution < 1.29 is 18.7 Å². The Morgan fingerprint density at radius 3 is 2.62 bits per heavy atom. The maximum absolute atomic E-state index is 12.2. The van der Waals surface area contributed by atoms with Crippen LogP contribution in [0.3, 0.4) is 0 Å². The van der Waals surface area contributed by atoms with E-state index in [0.29, 0.717) is 24.4 Å². The molecule has 1 aromatic carbocycles. The number of ether oxygens (including phenoxy) is 1. The predicted molar refractivity (Wildman–Crippen MR) is 91.0 cm³/mol. The Labute approximate surface area is 140 Å². The van der Waals surface area contributed by atoms with Gasteiger partial charge in [0.05, 0.1) is 12.9 Å². The van der Waals surface area contributed by atoms with Crippen molar-refractivity contribution in [2.75, 3.05) is 6.61 Å². The van der Waals surface area contributed by atoms with Crippen LogP contribution >= 0.6 is 0 Å². The molecule has 5 nitrogen and oxygen atoms in total. The first-order chi connectivity index (χ1) is 11.7. The van der Waals surface area contributed by atoms with Crippen molar-refractivity contribution in [2.45, 2.75) is 13.3 Å². The van der Waals surface area contributed by atoms with Gasteiger partial charge in [0, 0.05) is 5.56 Å². The van der Waals surface area contributed by atoms with E-state index in [-0.39, 0.29) is 11.6 Å². The third kappa shape index (κ3) is 5.28. The van der Waals surface area contributed by atoms with Gasteiger partial charge in [-0.15, -0.1) is 0 Å². The van der Waals surface area contributed by atoms with Crippen LogP contribution in [0, 0.1) is 0 Å². The fraction of sp³-hybridized carbons (Fsp3) is 0.158. The van der Waals surface area contributed by atoms with Crippen LogP contribution in [0.25, 0.3) is 6.08 Å². The molecule has 2 rings (SSSR count). The van der Waals surface area contributed by atoms with Gasteiger partial charge in [-0.25, -0.2) is 4.79 Å². The fourth-order valence-electron chi connectivity index (χ4n) is 1.84. The minimum Gasteiger partial charge on any atom is -0.465 e. The molecule has 0 bridgehead atoms. The van der Waals surface area contributed by atoms with Gasteiger partial charge in [0.25, 0.3) is 5.91 Å². The Morgan fingerprint density at radius 1 is 1.17 bits per heavy atom. The predicted octanol–water partition coefficient (Wildman–Crippen LogP) is 3.56. The van der Waals surface area contributed by atoms with E-state index in [4.69, 9.17) is 9.15 Å². The summed E-state index contributed by atoms with van der Waals surface area (Å²) in [5.74, 6) is -0.311. The van der Waals surface area contributed by atoms with Crippen molar-refractivity contribution in [1.82, 2.24) is 5.32 Å². The number of nitrogens with one attached hydrogen (secondary N) is 1. The largest absolute Gasteiger partial charge is 0.465 e. The van der Waals surface area contributed by atoms with E-state index < -0.39 is 5.97 Å². The average Bonchev–Trinajstić information content (AvgIpc) is 3.12. The van der Waals surface area contributed by atoms with Gasteiger partial charge in [0.1, 0.15) is 11.5 Å². The second-order valence-corrected chi connectivity index (χ2v) is 4.91. The second kappa shape index (κ2) is 9.15. The van der Waals surface area contributed by atoms with Gasteiger partial charge in [0.15, 0.2) is 0 Å². The molecule has 0 aliphatic rings. The molecule has 0 unspecified atom stereocenters. The van der Waals surface area contributed by atoms with Gasteiger partial charge in [-0.3, -0.25) is 4.79 Å². The number of carbonyl (C=O) groups excluding carboxylic acids is 2. The highest BCUT2D eigenvalue weighted by atomic mass is 16.5. The second-order valence-electron chi connectivity index (χ2n) is 4.91. The number of furan rings is 1. The lowest BCUT2D eigenvalue weighted by atomic mass is 10.2. The average molecular weight is 325 g/mol. The minimum atomic E-state index is -0.578. The molecular formula is C19H19NO4. The molecule has 0 aliphatic carbocycles. The molecule has 0 saturated carbocycles. The maximum Gasteiger partial charge on any atom is 0.354 e. The topological polar surface area (TPSA) is 68.5 Å². The molecule has 24 heavy (non-hydrogen) atoms. The zero-order valence-corrected chi connectivity index (χ0v) is 13.4. The molecule has 124 valence electrons. The van der Waals surface area contributed by atoms with E-state index in [9.17, 15) is 9.59 Å². The maximum atomic E-state index is 12.2. The zero-order chi connectivity index (χ0) is 17.2. The summed E-state index contributed by atoms with van der Waals surface area (Å²) in [4.78, 5) is 24.3. The summed E-state index contributed by atoms with van der Waals surface area (Å²) in [6, 6.07) is 12.2. The van der Waals surface area contributed by atoms with Crippen molar-refractivity contribution in [3.63, 3.8) is 0 Å². The normalized spacial score (nSPS) is 11.5. The Hall–Kier alpha value is -3.08. The summed E-state index contributed by atoms with van der Waals surface area (Å²) in [7, 11) is 0. The molecule has 1 aromatic heterocycles. The van der Waals surface area contributed by atoms with Gasteiger partial charge in [-0.1, -0.05) is 31.2 Å². The number of amides is 1. The number of benzene rings is 1. The van der Waals surface area contributed by atoms with Crippen molar-refractivity contribution >= 4 is 18.0 Å². The first-order valence-corrected chi connectivity index (χ1v) is 7.66. The first-order valence-electron chi connectivity index (χ1n) is 7.66. The summed E-state index contributed by atoms with van der Waals surface area (Å²) in [6.07, 6.45) is 7.04. The molecule has 0 spiro atoms. The number of rotatable bonds is 7. The van der Waals surface area contributed by atoms with Crippen molar-refractivity contribution in [2.24, 2.45) is 0 Å². The van der Waals surface area contributed by atoms with Gasteiger partial charge in [-0.2, -0.15) is 0 Å². The molecule has 2 aromatic rings. The van der Waals surface area contributed by atoms with Crippen molar-refractivity contribution in [3.05, 3.63) is 77.9 Å². The highest BCUT2D eigenvalue weighted by Crippen LogP contribution is 2.05. The van der Waals surface area contributed by atoms with E-state index in [2.05, 4.69) is 5.32 Å². The van der Waals surface area contributed by atoms with Crippen molar-refractivity contribution in [3.8, 4) is 0 Å². The molecule has 1 N–H and O–H groups in total. The molecule has 0 aliphatic heterocycles. The molecule has 1 amide bonds. The lowest BCUT2D eigenvalue weighted by Crippen LogP contribution is -2.28. The van der Waals surface area contributed by atoms with Crippen LogP contribution in [0.5, 0.6) is 0 Å². The molecular weight excluding hydrogens is 306 g/mol. The van der Waals surface area contributed by atoms with Gasteiger partial charge >= 0.3 is 5.97 Å². The van der Waals surface area contributed by atoms with Crippen LogP contribution in [-0.4, -0.2) is 18.5 Å². The number of allylic oxidation sites excluding steroid dienone is 2. The monoisotopic (exact) mass is 325 g/mol. The van der Waals surface area contributed by atoms with E-state index in [1.165, 1.54) is 6.08 Å². The zero-order valence-electron chi connectivity index (χ0n) is 13.4. The summed E-state index contributed by atoms with van der Waals surface area (Å²) in [5.41, 5.74) is 0.529. The molecule has 1 heterocycles. The summed E-state index contributed by atoms with van der Waals surface area (Å²) in [6.45, 7) is 2.19. The Bertz CT molecular complexity index is 715. The third-order valence-corrected chi connectivity index (χ3v) is 3.01. The highest BCUT2D eigenvalue weighted by molar-refractivity contribution is 6.01. The molecule has 0 atom stereocenters. The van der Waals surface area contributed by atoms with Gasteiger partial charge in [-0.05, 0) is 42.8 Å². The van der Waals surface area contributed by atoms with Crippen LogP contribution in [0.4, 0.5) is 0 Å². The molecule has 0 radical (unpaired) electrons. The third-order valence-electron chi connectivity index (χ3n) is 3.01. The van der Waals surface area contributed by atoms with Gasteiger partial charge in [0.2, 0.25) is 0 Å². The van der Waals surface area contributed by atoms with Crippen LogP contribution in [0.2, 0.25) is 0 Å². The Kier molecular flexibility index (Phi) is 6.58. The SMILES string of the molecule is CCCOC(=O)/C(=C/C=C\c1ccco1)NC(=O)c1ccccc1. The number of esters is 1. The Morgan fingerprint density at radius 2 is 1.96 bits per heavy atom. The van der Waals surface area contributed by atoms with Crippen LogP contribution < -0.4 is 5.32 Å². The quantitative estimate of drug-likeness (QED) is 0.480. The minimum absolute atomic E-state index is 0.0695. The smallest absolute Gasteiger partial charge is 0.354 e. The fourth-order valence-corrected chi connectivity index (χ4v) is 1.84. The van der Waals surface area contributed by atoms with E-state index in [1.807, 2.05) is 13.0 Å². The van der Waals surface area contributed by atoms with E-state index in [1.54, 1.807) is 54.8 Å². The standard InChI is InChI=1S/C19H19NO4/c1-2-13-24-19(22)17(12-6-10-16-11-7-14-23-16)20-18(21)15-8-4-3-5-9-15/h3-12,14H,2,13H2,1H3,(H,20,21)/b10-6-,17-12-. The molecule has 5 heteroatoms. The Balaban J connectivity index is 2.12. The van der Waals surface area contributed by atoms with Gasteiger partial charge < -0.3 is 14.5 Å². The van der Waals surface area contributed by atoms with E-state index >= 15 is 0 Å². The summed E-state index contributed by atoms with van der Waals surface area (Å²) >= 11 is 0. The number of carbonyl (C=O) groups is 2. The summed E-state index contributed by atoms with van der Waals surface area (Å²) in [5, 5.41) is 2.59. The number of hydrogen-bond donors (Lipinski definition) is 1. The van der Waals surface area contributed by atoms with E-state index in [0.717, 1.165) is 0 Å². The van der Waals surface area contributed by atoms with Crippen LogP contribution in [0.1, 0.15) is 29.5 Å². The number of hydrogen-bond acceptors (Lipinski definition) is 4. The lowest BCUT2D eigenvalue weighted by Gasteiger charge is -2.09. The molecule has 0 saturated heterocycles. The lowest BCUT2D eigenvalue weighted by molar-refractivity contribution is -0.139.